The van der Waals surface area contributed by atoms with Gasteiger partial charge in [-0.15, -0.1) is 0 Å². The molecule has 168 valence electrons. The van der Waals surface area contributed by atoms with E-state index in [-0.39, 0.29) is 29.7 Å². The lowest BCUT2D eigenvalue weighted by Gasteiger charge is -2.36. The van der Waals surface area contributed by atoms with Gasteiger partial charge >= 0.3 is 0 Å². The summed E-state index contributed by atoms with van der Waals surface area (Å²) >= 11 is 1.20. The monoisotopic (exact) mass is 437 g/mol. The zero-order chi connectivity index (χ0) is 22.1. The molecule has 7 heteroatoms. The maximum atomic E-state index is 12.8. The summed E-state index contributed by atoms with van der Waals surface area (Å²) < 4.78 is 17.3. The number of aromatic nitrogens is 1. The van der Waals surface area contributed by atoms with Gasteiger partial charge in [0.1, 0.15) is 18.1 Å². The number of carbonyl (C=O) groups excluding carboxylic acids is 2. The minimum absolute atomic E-state index is 0.00882. The molecule has 0 saturated heterocycles. The third-order valence-electron chi connectivity index (χ3n) is 5.86. The second-order valence-corrected chi connectivity index (χ2v) is 9.56. The number of Topliss-reactive ketones (excluding diaryl/α,β-unsaturated/α-hetero) is 1. The van der Waals surface area contributed by atoms with Gasteiger partial charge in [-0.25, -0.2) is 0 Å². The van der Waals surface area contributed by atoms with E-state index in [4.69, 9.17) is 14.2 Å². The van der Waals surface area contributed by atoms with Crippen LogP contribution >= 0.6 is 11.8 Å². The van der Waals surface area contributed by atoms with Crippen LogP contribution in [-0.4, -0.2) is 47.2 Å². The van der Waals surface area contributed by atoms with Gasteiger partial charge in [-0.3, -0.25) is 14.6 Å². The Hall–Kier alpha value is -1.44. The molecule has 1 aliphatic carbocycles. The summed E-state index contributed by atoms with van der Waals surface area (Å²) in [4.78, 5) is 28.7. The predicted molar refractivity (Wildman–Crippen MR) is 119 cm³/mol. The van der Waals surface area contributed by atoms with Gasteiger partial charge in [-0.2, -0.15) is 0 Å². The number of methoxy groups -OCH3 is 1. The number of ether oxygens (including phenoxy) is 3. The van der Waals surface area contributed by atoms with Crippen LogP contribution in [0.25, 0.3) is 0 Å². The Morgan fingerprint density at radius 2 is 1.97 bits per heavy atom. The van der Waals surface area contributed by atoms with Crippen molar-refractivity contribution in [2.75, 3.05) is 19.7 Å². The number of pyridine rings is 1. The van der Waals surface area contributed by atoms with Gasteiger partial charge < -0.3 is 14.2 Å². The second-order valence-electron chi connectivity index (χ2n) is 8.36. The molecule has 2 rings (SSSR count). The van der Waals surface area contributed by atoms with Crippen LogP contribution in [0.3, 0.4) is 0 Å². The zero-order valence-electron chi connectivity index (χ0n) is 18.8. The fourth-order valence-corrected chi connectivity index (χ4v) is 4.67. The number of carbonyl (C=O) groups is 2. The molecule has 1 fully saturated rings. The van der Waals surface area contributed by atoms with Crippen molar-refractivity contribution < 1.29 is 23.8 Å². The van der Waals surface area contributed by atoms with Crippen molar-refractivity contribution in [3.63, 3.8) is 0 Å². The Balaban J connectivity index is 2.19. The molecule has 1 saturated carbocycles. The highest BCUT2D eigenvalue weighted by atomic mass is 32.2. The Kier molecular flexibility index (Phi) is 9.78. The fraction of sp³-hybridized carbons (Fsp3) is 0.696. The first-order chi connectivity index (χ1) is 14.3. The smallest absolute Gasteiger partial charge is 0.185 e. The van der Waals surface area contributed by atoms with Crippen molar-refractivity contribution in [3.05, 3.63) is 24.0 Å². The van der Waals surface area contributed by atoms with Gasteiger partial charge in [-0.05, 0) is 44.6 Å². The van der Waals surface area contributed by atoms with E-state index >= 15 is 0 Å². The number of rotatable bonds is 11. The molecule has 0 N–H and O–H groups in total. The van der Waals surface area contributed by atoms with Crippen LogP contribution in [-0.2, 0) is 25.5 Å². The van der Waals surface area contributed by atoms with Crippen LogP contribution in [0.4, 0.5) is 0 Å². The number of nitrogens with zero attached hydrogens (tertiary/aromatic N) is 1. The summed E-state index contributed by atoms with van der Waals surface area (Å²) in [6.07, 6.45) is 6.73. The normalized spacial score (nSPS) is 22.2. The molecule has 0 radical (unpaired) electrons. The lowest BCUT2D eigenvalue weighted by Crippen LogP contribution is -2.50. The lowest BCUT2D eigenvalue weighted by atomic mass is 9.82. The van der Waals surface area contributed by atoms with Crippen molar-refractivity contribution in [1.29, 1.82) is 0 Å². The third-order valence-corrected chi connectivity index (χ3v) is 6.93. The molecular formula is C23H35NO5S. The summed E-state index contributed by atoms with van der Waals surface area (Å²) in [6.45, 7) is 7.25. The molecule has 1 aliphatic rings. The van der Waals surface area contributed by atoms with Crippen LogP contribution in [0.1, 0.15) is 59.1 Å². The molecule has 1 aromatic rings. The molecule has 0 unspecified atom stereocenters. The van der Waals surface area contributed by atoms with Crippen molar-refractivity contribution in [2.45, 2.75) is 71.5 Å². The highest BCUT2D eigenvalue weighted by molar-refractivity contribution is 8.13. The molecule has 6 nitrogen and oxygen atoms in total. The summed E-state index contributed by atoms with van der Waals surface area (Å²) in [5.74, 6) is 1.71. The average Bonchev–Trinajstić information content (AvgIpc) is 2.71. The maximum absolute atomic E-state index is 12.8. The molecule has 0 spiro atoms. The van der Waals surface area contributed by atoms with Crippen LogP contribution in [0.15, 0.2) is 18.3 Å². The molecule has 30 heavy (non-hydrogen) atoms. The summed E-state index contributed by atoms with van der Waals surface area (Å²) in [7, 11) is 1.53. The molecule has 1 heterocycles. The first-order valence-electron chi connectivity index (χ1n) is 10.7. The van der Waals surface area contributed by atoms with Crippen LogP contribution in [0.5, 0.6) is 5.75 Å². The van der Waals surface area contributed by atoms with Gasteiger partial charge in [0.2, 0.25) is 0 Å². The molecule has 2 atom stereocenters. The number of thioether (sulfide) groups is 1. The highest BCUT2D eigenvalue weighted by Crippen LogP contribution is 2.32. The van der Waals surface area contributed by atoms with E-state index in [0.717, 1.165) is 30.2 Å². The van der Waals surface area contributed by atoms with E-state index in [1.165, 1.54) is 45.6 Å². The van der Waals surface area contributed by atoms with Gasteiger partial charge in [-0.1, -0.05) is 25.6 Å². The largest absolute Gasteiger partial charge is 0.490 e. The van der Waals surface area contributed by atoms with E-state index in [9.17, 15) is 9.59 Å². The highest BCUT2D eigenvalue weighted by Gasteiger charge is 2.43. The Bertz CT molecular complexity index is 705. The van der Waals surface area contributed by atoms with Crippen molar-refractivity contribution in [3.8, 4) is 5.75 Å². The molecule has 0 aromatic carbocycles. The van der Waals surface area contributed by atoms with Crippen LogP contribution in [0.2, 0.25) is 0 Å². The quantitative estimate of drug-likeness (QED) is 0.474. The van der Waals surface area contributed by atoms with Gasteiger partial charge in [0.25, 0.3) is 0 Å². The van der Waals surface area contributed by atoms with E-state index < -0.39 is 5.60 Å². The van der Waals surface area contributed by atoms with Gasteiger partial charge in [0.05, 0.1) is 6.10 Å². The van der Waals surface area contributed by atoms with Crippen molar-refractivity contribution >= 4 is 22.7 Å². The second kappa shape index (κ2) is 11.8. The number of hydrogen-bond donors (Lipinski definition) is 0. The van der Waals surface area contributed by atoms with E-state index in [1.807, 2.05) is 19.1 Å². The first-order valence-corrected chi connectivity index (χ1v) is 11.6. The summed E-state index contributed by atoms with van der Waals surface area (Å²) in [6, 6.07) is 3.76. The first kappa shape index (κ1) is 24.8. The fourth-order valence-electron chi connectivity index (χ4n) is 3.92. The maximum Gasteiger partial charge on any atom is 0.185 e. The van der Waals surface area contributed by atoms with Gasteiger partial charge in [0, 0.05) is 50.1 Å². The summed E-state index contributed by atoms with van der Waals surface area (Å²) in [5, 5.41) is 0.0152. The Labute approximate surface area is 184 Å². The summed E-state index contributed by atoms with van der Waals surface area (Å²) in [5.41, 5.74) is -0.396. The molecular weight excluding hydrogens is 402 g/mol. The Morgan fingerprint density at radius 1 is 1.27 bits per heavy atom. The standard InChI is InChI=1S/C23H35NO5S/c1-16-6-8-21(9-7-16)29-22-10-11-24-20(12-22)13-23(18(3)25,28-15-27-5)17(2)14-30-19(4)26/h10-12,16-17,21H,6-9,13-15H2,1-5H3/t16-,17-,21-,23+/m0/s1. The van der Waals surface area contributed by atoms with Gasteiger partial charge in [0.15, 0.2) is 10.9 Å². The molecule has 0 amide bonds. The molecule has 0 aliphatic heterocycles. The van der Waals surface area contributed by atoms with Crippen molar-refractivity contribution in [1.82, 2.24) is 4.98 Å². The van der Waals surface area contributed by atoms with Crippen LogP contribution in [0, 0.1) is 11.8 Å². The topological polar surface area (TPSA) is 74.7 Å². The zero-order valence-corrected chi connectivity index (χ0v) is 19.6. The van der Waals surface area contributed by atoms with Crippen LogP contribution < -0.4 is 4.74 Å². The lowest BCUT2D eigenvalue weighted by molar-refractivity contribution is -0.171. The minimum Gasteiger partial charge on any atom is -0.490 e. The molecule has 0 bridgehead atoms. The third kappa shape index (κ3) is 7.06. The number of hydrogen-bond acceptors (Lipinski definition) is 7. The average molecular weight is 438 g/mol. The Morgan fingerprint density at radius 3 is 2.57 bits per heavy atom. The van der Waals surface area contributed by atoms with E-state index in [2.05, 4.69) is 11.9 Å². The minimum atomic E-state index is -1.12. The molecule has 1 aromatic heterocycles. The SMILES string of the molecule is COCO[C@@](Cc1cc(O[C@H]2CC[C@H](C)CC2)ccn1)(C(C)=O)[C@@H](C)CSC(C)=O. The predicted octanol–water partition coefficient (Wildman–Crippen LogP) is 4.45. The van der Waals surface area contributed by atoms with Crippen molar-refractivity contribution in [2.24, 2.45) is 11.8 Å². The van der Waals surface area contributed by atoms with E-state index in [0.29, 0.717) is 12.2 Å². The number of ketones is 1. The van der Waals surface area contributed by atoms with E-state index in [1.54, 1.807) is 6.20 Å².